The summed E-state index contributed by atoms with van der Waals surface area (Å²) < 4.78 is 27.9. The molecule has 0 aliphatic rings. The zero-order valence-electron chi connectivity index (χ0n) is 21.7. The zero-order chi connectivity index (χ0) is 28.0. The number of halogens is 1. The average Bonchev–Trinajstić information content (AvgIpc) is 2.95. The van der Waals surface area contributed by atoms with Crippen molar-refractivity contribution in [2.24, 2.45) is 0 Å². The second kappa shape index (κ2) is 12.4. The van der Waals surface area contributed by atoms with Crippen LogP contribution in [0, 0.1) is 0 Å². The Balaban J connectivity index is 1.64. The van der Waals surface area contributed by atoms with E-state index in [4.69, 9.17) is 11.6 Å². The number of rotatable bonds is 10. The topological polar surface area (TPSA) is 86.8 Å². The molecule has 0 heterocycles. The Morgan fingerprint density at radius 1 is 0.846 bits per heavy atom. The van der Waals surface area contributed by atoms with Crippen LogP contribution in [0.3, 0.4) is 0 Å². The highest BCUT2D eigenvalue weighted by atomic mass is 35.5. The summed E-state index contributed by atoms with van der Waals surface area (Å²) in [5, 5.41) is 4.90. The number of likely N-dealkylation sites (N-methyl/N-ethyl adjacent to an activating group) is 2. The third-order valence-corrected chi connectivity index (χ3v) is 8.62. The van der Waals surface area contributed by atoms with Crippen LogP contribution < -0.4 is 5.32 Å². The second-order valence-electron chi connectivity index (χ2n) is 9.24. The Bertz CT molecular complexity index is 1560. The Kier molecular flexibility index (Phi) is 9.01. The van der Waals surface area contributed by atoms with E-state index in [1.54, 1.807) is 36.4 Å². The van der Waals surface area contributed by atoms with Crippen molar-refractivity contribution in [1.82, 2.24) is 14.5 Å². The highest BCUT2D eigenvalue weighted by Crippen LogP contribution is 2.22. The first-order valence-corrected chi connectivity index (χ1v) is 14.3. The van der Waals surface area contributed by atoms with E-state index in [9.17, 15) is 18.0 Å². The molecule has 0 aromatic heterocycles. The van der Waals surface area contributed by atoms with Gasteiger partial charge in [0.05, 0.1) is 11.4 Å². The fourth-order valence-electron chi connectivity index (χ4n) is 4.38. The standard InChI is InChI=1S/C30H30ClN3O4S/c1-32-30(36)28(18-22-8-4-3-5-9-22)34(20-23-12-15-26(31)16-13-23)29(35)21-33(2)39(37,38)27-17-14-24-10-6-7-11-25(24)19-27/h3-17,19,28H,18,20-21H2,1-2H3,(H,32,36)/t28-/m1/s1. The lowest BCUT2D eigenvalue weighted by atomic mass is 10.0. The summed E-state index contributed by atoms with van der Waals surface area (Å²) >= 11 is 6.05. The molecule has 0 unspecified atom stereocenters. The number of fused-ring (bicyclic) bond motifs is 1. The summed E-state index contributed by atoms with van der Waals surface area (Å²) in [6.45, 7) is -0.337. The fraction of sp³-hybridized carbons (Fsp3) is 0.200. The maximum absolute atomic E-state index is 13.8. The minimum absolute atomic E-state index is 0.0906. The largest absolute Gasteiger partial charge is 0.357 e. The van der Waals surface area contributed by atoms with Crippen LogP contribution in [0.4, 0.5) is 0 Å². The van der Waals surface area contributed by atoms with Gasteiger partial charge in [0.2, 0.25) is 21.8 Å². The highest BCUT2D eigenvalue weighted by molar-refractivity contribution is 7.89. The second-order valence-corrected chi connectivity index (χ2v) is 11.7. The predicted octanol–water partition coefficient (Wildman–Crippen LogP) is 4.50. The van der Waals surface area contributed by atoms with Gasteiger partial charge in [-0.05, 0) is 46.2 Å². The number of hydrogen-bond acceptors (Lipinski definition) is 4. The SMILES string of the molecule is CNC(=O)[C@@H](Cc1ccccc1)N(Cc1ccc(Cl)cc1)C(=O)CN(C)S(=O)(=O)c1ccc2ccccc2c1. The van der Waals surface area contributed by atoms with Crippen LogP contribution in [-0.4, -0.2) is 56.1 Å². The molecule has 1 atom stereocenters. The van der Waals surface area contributed by atoms with Crippen molar-refractivity contribution in [2.45, 2.75) is 23.9 Å². The molecule has 0 saturated carbocycles. The molecule has 0 aliphatic heterocycles. The fourth-order valence-corrected chi connectivity index (χ4v) is 5.66. The molecule has 0 spiro atoms. The van der Waals surface area contributed by atoms with Crippen LogP contribution in [0.2, 0.25) is 5.02 Å². The number of nitrogens with one attached hydrogen (secondary N) is 1. The van der Waals surface area contributed by atoms with Gasteiger partial charge in [0.25, 0.3) is 0 Å². The summed E-state index contributed by atoms with van der Waals surface area (Å²) in [7, 11) is -1.09. The van der Waals surface area contributed by atoms with Crippen LogP contribution in [-0.2, 0) is 32.6 Å². The van der Waals surface area contributed by atoms with E-state index < -0.39 is 28.5 Å². The number of hydrogen-bond donors (Lipinski definition) is 1. The minimum Gasteiger partial charge on any atom is -0.357 e. The lowest BCUT2D eigenvalue weighted by molar-refractivity contribution is -0.141. The highest BCUT2D eigenvalue weighted by Gasteiger charge is 2.32. The molecule has 1 N–H and O–H groups in total. The molecule has 4 rings (SSSR count). The smallest absolute Gasteiger partial charge is 0.243 e. The van der Waals surface area contributed by atoms with Gasteiger partial charge < -0.3 is 10.2 Å². The van der Waals surface area contributed by atoms with E-state index in [1.807, 2.05) is 54.6 Å². The monoisotopic (exact) mass is 563 g/mol. The zero-order valence-corrected chi connectivity index (χ0v) is 23.3. The van der Waals surface area contributed by atoms with Crippen LogP contribution in [0.25, 0.3) is 10.8 Å². The van der Waals surface area contributed by atoms with Crippen molar-refractivity contribution in [3.8, 4) is 0 Å². The summed E-state index contributed by atoms with van der Waals surface area (Å²) in [6.07, 6.45) is 0.265. The van der Waals surface area contributed by atoms with Gasteiger partial charge >= 0.3 is 0 Å². The van der Waals surface area contributed by atoms with E-state index in [0.29, 0.717) is 5.02 Å². The molecule has 2 amide bonds. The van der Waals surface area contributed by atoms with Crippen molar-refractivity contribution < 1.29 is 18.0 Å². The van der Waals surface area contributed by atoms with Gasteiger partial charge in [-0.15, -0.1) is 0 Å². The number of carbonyl (C=O) groups is 2. The van der Waals surface area contributed by atoms with Gasteiger partial charge in [-0.25, -0.2) is 8.42 Å². The first-order chi connectivity index (χ1) is 18.7. The van der Waals surface area contributed by atoms with E-state index in [0.717, 1.165) is 26.2 Å². The lowest BCUT2D eigenvalue weighted by Gasteiger charge is -2.32. The number of sulfonamides is 1. The molecule has 202 valence electrons. The van der Waals surface area contributed by atoms with Crippen molar-refractivity contribution >= 4 is 44.2 Å². The van der Waals surface area contributed by atoms with E-state index >= 15 is 0 Å². The van der Waals surface area contributed by atoms with E-state index in [-0.39, 0.29) is 23.8 Å². The molecule has 7 nitrogen and oxygen atoms in total. The summed E-state index contributed by atoms with van der Waals surface area (Å²) in [5.41, 5.74) is 1.63. The lowest BCUT2D eigenvalue weighted by Crippen LogP contribution is -2.52. The minimum atomic E-state index is -3.98. The molecule has 0 fully saturated rings. The van der Waals surface area contributed by atoms with Crippen molar-refractivity contribution in [1.29, 1.82) is 0 Å². The number of amides is 2. The van der Waals surface area contributed by atoms with Gasteiger partial charge in [0, 0.05) is 32.1 Å². The Morgan fingerprint density at radius 3 is 2.15 bits per heavy atom. The molecule has 39 heavy (non-hydrogen) atoms. The Hall–Kier alpha value is -3.72. The predicted molar refractivity (Wildman–Crippen MR) is 154 cm³/mol. The maximum atomic E-state index is 13.8. The molecular formula is C30H30ClN3O4S. The van der Waals surface area contributed by atoms with Gasteiger partial charge in [0.1, 0.15) is 6.04 Å². The van der Waals surface area contributed by atoms with Crippen LogP contribution in [0.1, 0.15) is 11.1 Å². The first-order valence-electron chi connectivity index (χ1n) is 12.4. The molecule has 0 aliphatic carbocycles. The van der Waals surface area contributed by atoms with Crippen molar-refractivity contribution in [3.63, 3.8) is 0 Å². The third kappa shape index (κ3) is 6.84. The van der Waals surface area contributed by atoms with Crippen LogP contribution in [0.15, 0.2) is 102 Å². The van der Waals surface area contributed by atoms with Crippen LogP contribution in [0.5, 0.6) is 0 Å². The molecule has 0 saturated heterocycles. The number of carbonyl (C=O) groups excluding carboxylic acids is 2. The summed E-state index contributed by atoms with van der Waals surface area (Å²) in [4.78, 5) is 28.4. The molecular weight excluding hydrogens is 534 g/mol. The van der Waals surface area contributed by atoms with Crippen LogP contribution >= 0.6 is 11.6 Å². The number of nitrogens with zero attached hydrogens (tertiary/aromatic N) is 2. The Morgan fingerprint density at radius 2 is 1.49 bits per heavy atom. The number of benzene rings is 4. The molecule has 0 radical (unpaired) electrons. The van der Waals surface area contributed by atoms with Gasteiger partial charge in [-0.1, -0.05) is 84.4 Å². The molecule has 0 bridgehead atoms. The van der Waals surface area contributed by atoms with Gasteiger partial charge in [-0.3, -0.25) is 9.59 Å². The molecule has 4 aromatic rings. The summed E-state index contributed by atoms with van der Waals surface area (Å²) in [6, 6.07) is 27.8. The van der Waals surface area contributed by atoms with Crippen molar-refractivity contribution in [3.05, 3.63) is 113 Å². The average molecular weight is 564 g/mol. The van der Waals surface area contributed by atoms with E-state index in [1.165, 1.54) is 25.1 Å². The van der Waals surface area contributed by atoms with Gasteiger partial charge in [-0.2, -0.15) is 4.31 Å². The maximum Gasteiger partial charge on any atom is 0.243 e. The van der Waals surface area contributed by atoms with Crippen molar-refractivity contribution in [2.75, 3.05) is 20.6 Å². The Labute approximate surface area is 234 Å². The van der Waals surface area contributed by atoms with E-state index in [2.05, 4.69) is 5.32 Å². The first kappa shape index (κ1) is 28.3. The third-order valence-electron chi connectivity index (χ3n) is 6.57. The normalized spacial score (nSPS) is 12.3. The quantitative estimate of drug-likeness (QED) is 0.308. The summed E-state index contributed by atoms with van der Waals surface area (Å²) in [5.74, 6) is -0.845. The van der Waals surface area contributed by atoms with Gasteiger partial charge in [0.15, 0.2) is 0 Å². The molecule has 9 heteroatoms. The molecule has 4 aromatic carbocycles.